The van der Waals surface area contributed by atoms with Gasteiger partial charge in [0, 0.05) is 0 Å². The largest absolute Gasteiger partial charge is 0.490 e. The van der Waals surface area contributed by atoms with Crippen molar-refractivity contribution in [1.82, 2.24) is 20.4 Å². The second-order valence-electron chi connectivity index (χ2n) is 12.2. The minimum atomic E-state index is -0.939. The van der Waals surface area contributed by atoms with Crippen molar-refractivity contribution in [3.63, 3.8) is 0 Å². The summed E-state index contributed by atoms with van der Waals surface area (Å²) in [4.78, 5) is 52.1. The normalized spacial score (nSPS) is 17.4. The highest BCUT2D eigenvalue weighted by molar-refractivity contribution is 5.79. The van der Waals surface area contributed by atoms with Gasteiger partial charge in [0.05, 0.1) is 34.3 Å². The van der Waals surface area contributed by atoms with Crippen molar-refractivity contribution in [2.45, 2.75) is 39.0 Å². The maximum atomic E-state index is 13.0. The lowest BCUT2D eigenvalue weighted by atomic mass is 10.00. The number of nitrogens with one attached hydrogen (secondary N) is 2. The molecule has 4 amide bonds. The van der Waals surface area contributed by atoms with E-state index in [1.807, 2.05) is 60.7 Å². The van der Waals surface area contributed by atoms with Crippen molar-refractivity contribution < 1.29 is 28.9 Å². The van der Waals surface area contributed by atoms with E-state index < -0.39 is 34.0 Å². The van der Waals surface area contributed by atoms with Crippen LogP contribution in [0.4, 0.5) is 9.59 Å². The molecular formula is C38H36N6O8. The number of amides is 4. The van der Waals surface area contributed by atoms with Crippen LogP contribution in [0.2, 0.25) is 0 Å². The highest BCUT2D eigenvalue weighted by Crippen LogP contribution is 2.34. The van der Waals surface area contributed by atoms with E-state index in [2.05, 4.69) is 10.6 Å². The van der Waals surface area contributed by atoms with Gasteiger partial charge in [-0.1, -0.05) is 84.9 Å². The third-order valence-electron chi connectivity index (χ3n) is 8.93. The summed E-state index contributed by atoms with van der Waals surface area (Å²) in [6.07, 6.45) is 0. The highest BCUT2D eigenvalue weighted by Gasteiger charge is 2.40. The average Bonchev–Trinajstić information content (AvgIpc) is 3.14. The van der Waals surface area contributed by atoms with Crippen LogP contribution in [0.5, 0.6) is 11.5 Å². The summed E-state index contributed by atoms with van der Waals surface area (Å²) in [5.41, 5.74) is 3.08. The van der Waals surface area contributed by atoms with Crippen LogP contribution in [0, 0.1) is 20.2 Å². The maximum absolute atomic E-state index is 13.0. The van der Waals surface area contributed by atoms with Crippen LogP contribution in [-0.4, -0.2) is 44.9 Å². The van der Waals surface area contributed by atoms with Crippen LogP contribution in [-0.2, 0) is 13.1 Å². The third-order valence-corrected chi connectivity index (χ3v) is 8.93. The van der Waals surface area contributed by atoms with E-state index >= 15 is 0 Å². The van der Waals surface area contributed by atoms with Gasteiger partial charge >= 0.3 is 12.1 Å². The number of nitrogens with zero attached hydrogens (tertiary/aromatic N) is 4. The Balaban J connectivity index is 1.04. The topological polar surface area (TPSA) is 169 Å². The monoisotopic (exact) mass is 704 g/mol. The van der Waals surface area contributed by atoms with Gasteiger partial charge in [0.25, 0.3) is 11.4 Å². The molecule has 4 aromatic rings. The number of allylic oxidation sites excluding steroid dienone is 2. The van der Waals surface area contributed by atoms with E-state index in [1.165, 1.54) is 9.80 Å². The van der Waals surface area contributed by atoms with Crippen molar-refractivity contribution in [1.29, 1.82) is 0 Å². The summed E-state index contributed by atoms with van der Waals surface area (Å²) in [5, 5.41) is 29.8. The van der Waals surface area contributed by atoms with Crippen LogP contribution in [0.15, 0.2) is 132 Å². The second-order valence-corrected chi connectivity index (χ2v) is 12.2. The Morgan fingerprint density at radius 2 is 0.923 bits per heavy atom. The molecule has 0 spiro atoms. The first-order valence-corrected chi connectivity index (χ1v) is 16.5. The summed E-state index contributed by atoms with van der Waals surface area (Å²) in [7, 11) is 0. The molecule has 0 saturated carbocycles. The molecule has 0 aromatic heterocycles. The van der Waals surface area contributed by atoms with E-state index in [0.717, 1.165) is 11.1 Å². The molecule has 2 heterocycles. The molecule has 0 aliphatic carbocycles. The Bertz CT molecular complexity index is 1870. The lowest BCUT2D eigenvalue weighted by molar-refractivity contribution is -0.433. The van der Waals surface area contributed by atoms with Crippen molar-refractivity contribution in [2.75, 3.05) is 13.2 Å². The molecule has 2 N–H and O–H groups in total. The number of ether oxygens (including phenoxy) is 2. The Labute approximate surface area is 299 Å². The summed E-state index contributed by atoms with van der Waals surface area (Å²) in [5.74, 6) is 1.01. The smallest absolute Gasteiger partial charge is 0.323 e. The molecule has 0 radical (unpaired) electrons. The van der Waals surface area contributed by atoms with Crippen molar-refractivity contribution in [2.24, 2.45) is 0 Å². The Morgan fingerprint density at radius 1 is 0.577 bits per heavy atom. The SMILES string of the molecule is CC1=C([N+](=O)[O-])C(c2ccc(OCCOc3ccc(C4NC(=O)N(Cc5ccccc5)C(C)=C4[N+](=O)[O-])cc3)cc2)NC(=O)N1Cc1ccccc1. The predicted molar refractivity (Wildman–Crippen MR) is 190 cm³/mol. The molecule has 2 aliphatic heterocycles. The molecule has 266 valence electrons. The average molecular weight is 705 g/mol. The van der Waals surface area contributed by atoms with Crippen LogP contribution in [0.1, 0.15) is 48.2 Å². The molecule has 6 rings (SSSR count). The van der Waals surface area contributed by atoms with Gasteiger partial charge in [-0.05, 0) is 60.4 Å². The quantitative estimate of drug-likeness (QED) is 0.0881. The summed E-state index contributed by atoms with van der Waals surface area (Å²) in [6, 6.07) is 29.1. The predicted octanol–water partition coefficient (Wildman–Crippen LogP) is 6.69. The van der Waals surface area contributed by atoms with Crippen LogP contribution < -0.4 is 20.1 Å². The zero-order valence-electron chi connectivity index (χ0n) is 28.4. The van der Waals surface area contributed by atoms with E-state index in [9.17, 15) is 29.8 Å². The van der Waals surface area contributed by atoms with Gasteiger partial charge in [0.2, 0.25) is 0 Å². The number of hydrogen-bond donors (Lipinski definition) is 2. The third kappa shape index (κ3) is 7.70. The summed E-state index contributed by atoms with van der Waals surface area (Å²) < 4.78 is 11.6. The van der Waals surface area contributed by atoms with Crippen molar-refractivity contribution in [3.05, 3.63) is 174 Å². The molecule has 2 atom stereocenters. The van der Waals surface area contributed by atoms with E-state index in [4.69, 9.17) is 9.47 Å². The van der Waals surface area contributed by atoms with Gasteiger partial charge in [-0.25, -0.2) is 9.59 Å². The minimum Gasteiger partial charge on any atom is -0.490 e. The molecule has 2 aliphatic rings. The number of urea groups is 2. The molecule has 2 unspecified atom stereocenters. The lowest BCUT2D eigenvalue weighted by Gasteiger charge is -2.32. The summed E-state index contributed by atoms with van der Waals surface area (Å²) >= 11 is 0. The standard InChI is InChI=1S/C38H36N6O8/c1-25-35(43(47)48)33(39-37(45)41(25)23-27-9-5-3-6-10-27)29-13-17-31(18-14-29)51-21-22-52-32-19-15-30(16-20-32)34-36(44(49)50)26(2)42(38(46)40-34)24-28-11-7-4-8-12-28/h3-20,33-34H,21-24H2,1-2H3,(H,39,45)(H,40,46). The molecule has 0 fully saturated rings. The van der Waals surface area contributed by atoms with Gasteiger partial charge in [-0.3, -0.25) is 30.0 Å². The number of carbonyl (C=O) groups is 2. The minimum absolute atomic E-state index is 0.111. The number of carbonyl (C=O) groups excluding carboxylic acids is 2. The molecule has 4 aromatic carbocycles. The lowest BCUT2D eigenvalue weighted by Crippen LogP contribution is -2.47. The van der Waals surface area contributed by atoms with Gasteiger partial charge < -0.3 is 20.1 Å². The Kier molecular flexibility index (Phi) is 10.4. The molecule has 0 bridgehead atoms. The van der Waals surface area contributed by atoms with E-state index in [0.29, 0.717) is 22.6 Å². The van der Waals surface area contributed by atoms with E-state index in [-0.39, 0.29) is 49.1 Å². The number of hydrogen-bond acceptors (Lipinski definition) is 8. The van der Waals surface area contributed by atoms with Gasteiger partial charge in [0.1, 0.15) is 36.8 Å². The maximum Gasteiger partial charge on any atom is 0.323 e. The number of benzene rings is 4. The summed E-state index contributed by atoms with van der Waals surface area (Å²) in [6.45, 7) is 3.92. The highest BCUT2D eigenvalue weighted by atomic mass is 16.6. The zero-order valence-corrected chi connectivity index (χ0v) is 28.4. The van der Waals surface area contributed by atoms with Crippen molar-refractivity contribution >= 4 is 12.1 Å². The fourth-order valence-electron chi connectivity index (χ4n) is 6.24. The molecule has 0 saturated heterocycles. The molecule has 14 heteroatoms. The van der Waals surface area contributed by atoms with Crippen LogP contribution in [0.3, 0.4) is 0 Å². The fourth-order valence-corrected chi connectivity index (χ4v) is 6.24. The first-order chi connectivity index (χ1) is 25.1. The van der Waals surface area contributed by atoms with Gasteiger partial charge in [0.15, 0.2) is 0 Å². The van der Waals surface area contributed by atoms with E-state index in [1.54, 1.807) is 62.4 Å². The molecule has 14 nitrogen and oxygen atoms in total. The Hall–Kier alpha value is -6.70. The van der Waals surface area contributed by atoms with Crippen LogP contribution in [0.25, 0.3) is 0 Å². The van der Waals surface area contributed by atoms with Gasteiger partial charge in [-0.15, -0.1) is 0 Å². The Morgan fingerprint density at radius 3 is 1.25 bits per heavy atom. The van der Waals surface area contributed by atoms with Crippen molar-refractivity contribution in [3.8, 4) is 11.5 Å². The number of rotatable bonds is 13. The fraction of sp³-hybridized carbons (Fsp3) is 0.211. The zero-order chi connectivity index (χ0) is 36.8. The molecule has 52 heavy (non-hydrogen) atoms. The van der Waals surface area contributed by atoms with Gasteiger partial charge in [-0.2, -0.15) is 0 Å². The van der Waals surface area contributed by atoms with Crippen LogP contribution >= 0.6 is 0 Å². The number of nitro groups is 2. The first kappa shape index (κ1) is 35.1. The second kappa shape index (κ2) is 15.5. The first-order valence-electron chi connectivity index (χ1n) is 16.5. The molecular weight excluding hydrogens is 668 g/mol.